The highest BCUT2D eigenvalue weighted by Crippen LogP contribution is 2.42. The van der Waals surface area contributed by atoms with Gasteiger partial charge in [0.25, 0.3) is 0 Å². The predicted molar refractivity (Wildman–Crippen MR) is 91.7 cm³/mol. The van der Waals surface area contributed by atoms with E-state index in [1.807, 2.05) is 37.4 Å². The Balaban J connectivity index is 2.04. The van der Waals surface area contributed by atoms with Crippen LogP contribution >= 0.6 is 11.6 Å². The molecule has 5 heteroatoms. The summed E-state index contributed by atoms with van der Waals surface area (Å²) in [5.41, 5.74) is 2.04. The van der Waals surface area contributed by atoms with Crippen molar-refractivity contribution in [1.82, 2.24) is 15.3 Å². The molecule has 1 fully saturated rings. The number of nitrogens with zero attached hydrogens (tertiary/aromatic N) is 2. The molecule has 1 saturated heterocycles. The van der Waals surface area contributed by atoms with Crippen LogP contribution in [-0.2, 0) is 16.8 Å². The topological polar surface area (TPSA) is 47.0 Å². The van der Waals surface area contributed by atoms with Crippen molar-refractivity contribution < 1.29 is 4.74 Å². The first kappa shape index (κ1) is 16.4. The van der Waals surface area contributed by atoms with Gasteiger partial charge in [0, 0.05) is 23.2 Å². The van der Waals surface area contributed by atoms with Crippen LogP contribution in [0.1, 0.15) is 36.8 Å². The molecule has 0 amide bonds. The van der Waals surface area contributed by atoms with Gasteiger partial charge in [0.15, 0.2) is 5.82 Å². The molecule has 3 rings (SSSR count). The molecule has 1 N–H and O–H groups in total. The molecule has 0 aliphatic carbocycles. The lowest BCUT2D eigenvalue weighted by atomic mass is 9.70. The zero-order valence-corrected chi connectivity index (χ0v) is 14.1. The largest absolute Gasteiger partial charge is 0.374 e. The second-order valence-electron chi connectivity index (χ2n) is 5.81. The number of nitrogens with one attached hydrogen (secondary N) is 1. The Bertz CT molecular complexity index is 656. The molecule has 0 radical (unpaired) electrons. The number of halogens is 1. The van der Waals surface area contributed by atoms with Gasteiger partial charge in [-0.2, -0.15) is 0 Å². The fourth-order valence-corrected chi connectivity index (χ4v) is 3.61. The monoisotopic (exact) mass is 331 g/mol. The minimum atomic E-state index is -0.159. The van der Waals surface area contributed by atoms with Gasteiger partial charge in [-0.3, -0.25) is 0 Å². The number of ether oxygens (including phenoxy) is 1. The minimum absolute atomic E-state index is 0.159. The maximum atomic E-state index is 6.53. The minimum Gasteiger partial charge on any atom is -0.374 e. The van der Waals surface area contributed by atoms with E-state index >= 15 is 0 Å². The van der Waals surface area contributed by atoms with Gasteiger partial charge >= 0.3 is 0 Å². The normalized spacial score (nSPS) is 17.1. The van der Waals surface area contributed by atoms with Gasteiger partial charge in [-0.05, 0) is 50.6 Å². The van der Waals surface area contributed by atoms with Gasteiger partial charge in [-0.1, -0.05) is 29.8 Å². The second-order valence-corrected chi connectivity index (χ2v) is 6.21. The Kier molecular flexibility index (Phi) is 5.26. The smallest absolute Gasteiger partial charge is 0.154 e. The second kappa shape index (κ2) is 7.39. The maximum Gasteiger partial charge on any atom is 0.154 e. The number of aromatic nitrogens is 2. The van der Waals surface area contributed by atoms with Crippen molar-refractivity contribution in [3.63, 3.8) is 0 Å². The molecule has 0 unspecified atom stereocenters. The van der Waals surface area contributed by atoms with Crippen molar-refractivity contribution in [2.24, 2.45) is 0 Å². The highest BCUT2D eigenvalue weighted by molar-refractivity contribution is 6.31. The Morgan fingerprint density at radius 2 is 2.00 bits per heavy atom. The summed E-state index contributed by atoms with van der Waals surface area (Å²) in [5, 5.41) is 4.24. The van der Waals surface area contributed by atoms with Gasteiger partial charge in [0.2, 0.25) is 0 Å². The average molecular weight is 332 g/mol. The van der Waals surface area contributed by atoms with Crippen LogP contribution in [0, 0.1) is 0 Å². The number of hydrogen-bond donors (Lipinski definition) is 1. The Morgan fingerprint density at radius 1 is 1.22 bits per heavy atom. The van der Waals surface area contributed by atoms with Gasteiger partial charge in [0.05, 0.1) is 5.69 Å². The summed E-state index contributed by atoms with van der Waals surface area (Å²) >= 11 is 6.53. The number of rotatable bonds is 5. The van der Waals surface area contributed by atoms with Crippen LogP contribution in [0.3, 0.4) is 0 Å². The molecule has 122 valence electrons. The Hall–Kier alpha value is -1.49. The number of hydrogen-bond acceptors (Lipinski definition) is 4. The molecule has 0 atom stereocenters. The molecule has 0 bridgehead atoms. The molecule has 2 aromatic rings. The van der Waals surface area contributed by atoms with E-state index in [9.17, 15) is 0 Å². The van der Waals surface area contributed by atoms with Crippen molar-refractivity contribution in [1.29, 1.82) is 0 Å². The van der Waals surface area contributed by atoms with Gasteiger partial charge in [-0.25, -0.2) is 9.97 Å². The predicted octanol–water partition coefficient (Wildman–Crippen LogP) is 3.34. The van der Waals surface area contributed by atoms with Gasteiger partial charge in [0.1, 0.15) is 6.61 Å². The number of benzene rings is 1. The standard InChI is InChI=1S/C18H22ClN3O/c1-2-23-13-17-21-10-7-16(22-17)18(8-11-20-12-9-18)14-5-3-4-6-15(14)19/h3-7,10,20H,2,8-9,11-13H2,1H3. The zero-order chi connectivity index (χ0) is 16.1. The first-order valence-electron chi connectivity index (χ1n) is 8.12. The quantitative estimate of drug-likeness (QED) is 0.913. The third-order valence-corrected chi connectivity index (χ3v) is 4.81. The summed E-state index contributed by atoms with van der Waals surface area (Å²) in [6.07, 6.45) is 3.78. The molecular weight excluding hydrogens is 310 g/mol. The maximum absolute atomic E-state index is 6.53. The lowest BCUT2D eigenvalue weighted by molar-refractivity contribution is 0.127. The average Bonchev–Trinajstić information content (AvgIpc) is 2.61. The summed E-state index contributed by atoms with van der Waals surface area (Å²) in [6, 6.07) is 10.1. The molecule has 4 nitrogen and oxygen atoms in total. The van der Waals surface area contributed by atoms with Crippen molar-refractivity contribution >= 4 is 11.6 Å². The van der Waals surface area contributed by atoms with Crippen molar-refractivity contribution in [3.05, 3.63) is 58.6 Å². The lowest BCUT2D eigenvalue weighted by Crippen LogP contribution is -2.41. The van der Waals surface area contributed by atoms with Crippen molar-refractivity contribution in [2.45, 2.75) is 31.8 Å². The van der Waals surface area contributed by atoms with Gasteiger partial charge < -0.3 is 10.1 Å². The fraction of sp³-hybridized carbons (Fsp3) is 0.444. The lowest BCUT2D eigenvalue weighted by Gasteiger charge is -2.38. The van der Waals surface area contributed by atoms with Crippen LogP contribution in [0.4, 0.5) is 0 Å². The van der Waals surface area contributed by atoms with E-state index in [-0.39, 0.29) is 5.41 Å². The molecule has 1 aromatic heterocycles. The van der Waals surface area contributed by atoms with Crippen LogP contribution in [0.15, 0.2) is 36.5 Å². The molecule has 0 spiro atoms. The summed E-state index contributed by atoms with van der Waals surface area (Å²) in [4.78, 5) is 9.14. The molecular formula is C18H22ClN3O. The summed E-state index contributed by atoms with van der Waals surface area (Å²) in [7, 11) is 0. The van der Waals surface area contributed by atoms with Crippen LogP contribution in [0.25, 0.3) is 0 Å². The first-order valence-corrected chi connectivity index (χ1v) is 8.50. The fourth-order valence-electron chi connectivity index (χ4n) is 3.29. The van der Waals surface area contributed by atoms with Crippen LogP contribution < -0.4 is 5.32 Å². The third kappa shape index (κ3) is 3.39. The van der Waals surface area contributed by atoms with Crippen LogP contribution in [0.2, 0.25) is 5.02 Å². The highest BCUT2D eigenvalue weighted by Gasteiger charge is 2.38. The Labute approximate surface area is 142 Å². The number of piperidine rings is 1. The van der Waals surface area contributed by atoms with Crippen LogP contribution in [-0.4, -0.2) is 29.7 Å². The van der Waals surface area contributed by atoms with E-state index in [2.05, 4.69) is 16.4 Å². The molecule has 1 aromatic carbocycles. The first-order chi connectivity index (χ1) is 11.3. The molecule has 2 heterocycles. The molecule has 23 heavy (non-hydrogen) atoms. The molecule has 1 aliphatic heterocycles. The molecule has 1 aliphatic rings. The zero-order valence-electron chi connectivity index (χ0n) is 13.4. The van der Waals surface area contributed by atoms with E-state index in [0.717, 1.165) is 48.0 Å². The summed E-state index contributed by atoms with van der Waals surface area (Å²) in [6.45, 7) is 4.99. The summed E-state index contributed by atoms with van der Waals surface area (Å²) < 4.78 is 5.46. The van der Waals surface area contributed by atoms with E-state index in [0.29, 0.717) is 13.2 Å². The Morgan fingerprint density at radius 3 is 2.74 bits per heavy atom. The van der Waals surface area contributed by atoms with E-state index < -0.39 is 0 Å². The van der Waals surface area contributed by atoms with Crippen LogP contribution in [0.5, 0.6) is 0 Å². The van der Waals surface area contributed by atoms with E-state index in [1.165, 1.54) is 0 Å². The SMILES string of the molecule is CCOCc1nccc(C2(c3ccccc3Cl)CCNCC2)n1. The van der Waals surface area contributed by atoms with Gasteiger partial charge in [-0.15, -0.1) is 0 Å². The highest BCUT2D eigenvalue weighted by atomic mass is 35.5. The third-order valence-electron chi connectivity index (χ3n) is 4.48. The van der Waals surface area contributed by atoms with E-state index in [1.54, 1.807) is 0 Å². The van der Waals surface area contributed by atoms with E-state index in [4.69, 9.17) is 21.3 Å². The molecule has 0 saturated carbocycles. The van der Waals surface area contributed by atoms with Crippen molar-refractivity contribution in [2.75, 3.05) is 19.7 Å². The summed E-state index contributed by atoms with van der Waals surface area (Å²) in [5.74, 6) is 0.731. The van der Waals surface area contributed by atoms with Crippen molar-refractivity contribution in [3.8, 4) is 0 Å².